The third kappa shape index (κ3) is 4.53. The zero-order valence-corrected chi connectivity index (χ0v) is 16.4. The van der Waals surface area contributed by atoms with Crippen LogP contribution in [0.15, 0.2) is 59.2 Å². The van der Waals surface area contributed by atoms with Gasteiger partial charge in [-0.15, -0.1) is 0 Å². The molecular formula is C19H18BrN5O2. The average molecular weight is 428 g/mol. The van der Waals surface area contributed by atoms with E-state index in [-0.39, 0.29) is 5.91 Å². The Labute approximate surface area is 165 Å². The lowest BCUT2D eigenvalue weighted by Gasteiger charge is -2.13. The van der Waals surface area contributed by atoms with Crippen LogP contribution >= 0.6 is 15.9 Å². The first-order chi connectivity index (χ1) is 13.1. The van der Waals surface area contributed by atoms with E-state index < -0.39 is 0 Å². The van der Waals surface area contributed by atoms with Crippen molar-refractivity contribution in [2.45, 2.75) is 0 Å². The van der Waals surface area contributed by atoms with Gasteiger partial charge in [0.05, 0.1) is 22.8 Å². The van der Waals surface area contributed by atoms with E-state index >= 15 is 0 Å². The Morgan fingerprint density at radius 1 is 1.07 bits per heavy atom. The van der Waals surface area contributed by atoms with E-state index in [4.69, 9.17) is 4.74 Å². The number of halogens is 1. The zero-order valence-electron chi connectivity index (χ0n) is 14.8. The predicted octanol–water partition coefficient (Wildman–Crippen LogP) is 4.09. The van der Waals surface area contributed by atoms with Crippen LogP contribution in [0.3, 0.4) is 0 Å². The maximum absolute atomic E-state index is 12.1. The summed E-state index contributed by atoms with van der Waals surface area (Å²) < 4.78 is 5.83. The molecular weight excluding hydrogens is 410 g/mol. The highest BCUT2D eigenvalue weighted by Crippen LogP contribution is 2.27. The number of hydrogen-bond acceptors (Lipinski definition) is 6. The van der Waals surface area contributed by atoms with Gasteiger partial charge < -0.3 is 20.7 Å². The molecule has 0 spiro atoms. The van der Waals surface area contributed by atoms with E-state index in [0.29, 0.717) is 27.5 Å². The number of methoxy groups -OCH3 is 1. The molecule has 3 N–H and O–H groups in total. The summed E-state index contributed by atoms with van der Waals surface area (Å²) in [5.74, 6) is 1.55. The molecule has 0 bridgehead atoms. The van der Waals surface area contributed by atoms with Crippen LogP contribution in [-0.4, -0.2) is 30.0 Å². The zero-order chi connectivity index (χ0) is 19.2. The molecule has 7 nitrogen and oxygen atoms in total. The minimum absolute atomic E-state index is 0.181. The van der Waals surface area contributed by atoms with Gasteiger partial charge in [-0.25, -0.2) is 4.98 Å². The summed E-state index contributed by atoms with van der Waals surface area (Å²) in [5, 5.41) is 8.95. The van der Waals surface area contributed by atoms with Crippen molar-refractivity contribution in [2.24, 2.45) is 0 Å². The third-order valence-corrected chi connectivity index (χ3v) is 4.32. The largest absolute Gasteiger partial charge is 0.497 e. The first kappa shape index (κ1) is 18.7. The summed E-state index contributed by atoms with van der Waals surface area (Å²) in [6.45, 7) is 0. The monoisotopic (exact) mass is 427 g/mol. The van der Waals surface area contributed by atoms with Crippen molar-refractivity contribution in [3.8, 4) is 5.75 Å². The molecule has 0 saturated heterocycles. The number of anilines is 4. The van der Waals surface area contributed by atoms with Crippen molar-refractivity contribution >= 4 is 45.0 Å². The second kappa shape index (κ2) is 8.50. The number of ether oxygens (including phenoxy) is 1. The van der Waals surface area contributed by atoms with E-state index in [2.05, 4.69) is 41.8 Å². The van der Waals surface area contributed by atoms with Gasteiger partial charge in [0.25, 0.3) is 5.91 Å². The van der Waals surface area contributed by atoms with Crippen molar-refractivity contribution in [2.75, 3.05) is 24.8 Å². The number of carbonyl (C=O) groups excluding carboxylic acids is 1. The Balaban J connectivity index is 1.84. The lowest BCUT2D eigenvalue weighted by Crippen LogP contribution is -2.19. The molecule has 1 amide bonds. The van der Waals surface area contributed by atoms with Gasteiger partial charge in [0.1, 0.15) is 11.6 Å². The van der Waals surface area contributed by atoms with Gasteiger partial charge in [-0.2, -0.15) is 4.98 Å². The molecule has 3 rings (SSSR count). The lowest BCUT2D eigenvalue weighted by atomic mass is 10.1. The molecule has 8 heteroatoms. The molecule has 2 aromatic carbocycles. The van der Waals surface area contributed by atoms with Crippen molar-refractivity contribution in [3.05, 3.63) is 64.8 Å². The van der Waals surface area contributed by atoms with E-state index in [1.54, 1.807) is 32.5 Å². The van der Waals surface area contributed by atoms with Gasteiger partial charge in [0, 0.05) is 18.9 Å². The van der Waals surface area contributed by atoms with Crippen molar-refractivity contribution < 1.29 is 9.53 Å². The van der Waals surface area contributed by atoms with E-state index in [1.807, 2.05) is 36.4 Å². The van der Waals surface area contributed by atoms with Gasteiger partial charge >= 0.3 is 0 Å². The van der Waals surface area contributed by atoms with E-state index in [9.17, 15) is 4.79 Å². The van der Waals surface area contributed by atoms with Crippen LogP contribution in [0.4, 0.5) is 23.1 Å². The SMILES string of the molecule is CNC(=O)c1ccccc1Nc1nc(Nc2ccc(OC)cc2)ncc1Br. The Morgan fingerprint density at radius 2 is 1.81 bits per heavy atom. The first-order valence-electron chi connectivity index (χ1n) is 8.12. The quantitative estimate of drug-likeness (QED) is 0.548. The Bertz CT molecular complexity index is 947. The maximum Gasteiger partial charge on any atom is 0.253 e. The highest BCUT2D eigenvalue weighted by atomic mass is 79.9. The molecule has 1 heterocycles. The molecule has 0 saturated carbocycles. The molecule has 0 fully saturated rings. The molecule has 0 aliphatic rings. The predicted molar refractivity (Wildman–Crippen MR) is 109 cm³/mol. The van der Waals surface area contributed by atoms with Crippen LogP contribution in [0.1, 0.15) is 10.4 Å². The topological polar surface area (TPSA) is 88.2 Å². The number of hydrogen-bond donors (Lipinski definition) is 3. The fourth-order valence-corrected chi connectivity index (χ4v) is 2.66. The van der Waals surface area contributed by atoms with Crippen LogP contribution in [0.5, 0.6) is 5.75 Å². The van der Waals surface area contributed by atoms with Crippen molar-refractivity contribution in [1.82, 2.24) is 15.3 Å². The van der Waals surface area contributed by atoms with Crippen molar-refractivity contribution in [1.29, 1.82) is 0 Å². The van der Waals surface area contributed by atoms with Crippen LogP contribution in [0.2, 0.25) is 0 Å². The van der Waals surface area contributed by atoms with Gasteiger partial charge in [-0.3, -0.25) is 4.79 Å². The summed E-state index contributed by atoms with van der Waals surface area (Å²) in [7, 11) is 3.21. The third-order valence-electron chi connectivity index (χ3n) is 3.74. The standard InChI is InChI=1S/C19H18BrN5O2/c1-21-18(26)14-5-3-4-6-16(14)24-17-15(20)11-22-19(25-17)23-12-7-9-13(27-2)10-8-12/h3-11H,1-2H3,(H,21,26)(H2,22,23,24,25). The maximum atomic E-state index is 12.1. The number of amides is 1. The molecule has 138 valence electrons. The van der Waals surface area contributed by atoms with Crippen LogP contribution in [0.25, 0.3) is 0 Å². The Morgan fingerprint density at radius 3 is 2.52 bits per heavy atom. The number of nitrogens with zero attached hydrogens (tertiary/aromatic N) is 2. The van der Waals surface area contributed by atoms with Crippen LogP contribution in [0, 0.1) is 0 Å². The summed E-state index contributed by atoms with van der Waals surface area (Å²) in [6, 6.07) is 14.7. The fraction of sp³-hybridized carbons (Fsp3) is 0.105. The molecule has 0 radical (unpaired) electrons. The van der Waals surface area contributed by atoms with Gasteiger partial charge in [0.15, 0.2) is 0 Å². The average Bonchev–Trinajstić information content (AvgIpc) is 2.71. The van der Waals surface area contributed by atoms with Gasteiger partial charge in [-0.05, 0) is 52.3 Å². The second-order valence-electron chi connectivity index (χ2n) is 5.49. The smallest absolute Gasteiger partial charge is 0.253 e. The first-order valence-corrected chi connectivity index (χ1v) is 8.91. The minimum Gasteiger partial charge on any atom is -0.497 e. The molecule has 0 aliphatic heterocycles. The summed E-state index contributed by atoms with van der Waals surface area (Å²) in [6.07, 6.45) is 1.64. The number of carbonyl (C=O) groups is 1. The molecule has 0 unspecified atom stereocenters. The van der Waals surface area contributed by atoms with Gasteiger partial charge in [0.2, 0.25) is 5.95 Å². The van der Waals surface area contributed by atoms with Crippen molar-refractivity contribution in [3.63, 3.8) is 0 Å². The molecule has 1 aromatic heterocycles. The number of para-hydroxylation sites is 1. The number of aromatic nitrogens is 2. The highest BCUT2D eigenvalue weighted by Gasteiger charge is 2.12. The summed E-state index contributed by atoms with van der Waals surface area (Å²) >= 11 is 3.44. The highest BCUT2D eigenvalue weighted by molar-refractivity contribution is 9.10. The summed E-state index contributed by atoms with van der Waals surface area (Å²) in [5.41, 5.74) is 2.00. The van der Waals surface area contributed by atoms with Gasteiger partial charge in [-0.1, -0.05) is 12.1 Å². The van der Waals surface area contributed by atoms with Crippen LogP contribution in [-0.2, 0) is 0 Å². The molecule has 3 aromatic rings. The number of nitrogens with one attached hydrogen (secondary N) is 3. The molecule has 27 heavy (non-hydrogen) atoms. The number of benzene rings is 2. The minimum atomic E-state index is -0.181. The lowest BCUT2D eigenvalue weighted by molar-refractivity contribution is 0.0964. The molecule has 0 aliphatic carbocycles. The summed E-state index contributed by atoms with van der Waals surface area (Å²) in [4.78, 5) is 20.8. The Kier molecular flexibility index (Phi) is 5.87. The van der Waals surface area contributed by atoms with E-state index in [0.717, 1.165) is 11.4 Å². The normalized spacial score (nSPS) is 10.2. The fourth-order valence-electron chi connectivity index (χ4n) is 2.37. The van der Waals surface area contributed by atoms with Crippen LogP contribution < -0.4 is 20.7 Å². The Hall–Kier alpha value is -3.13. The molecule has 0 atom stereocenters. The van der Waals surface area contributed by atoms with E-state index in [1.165, 1.54) is 0 Å². The number of rotatable bonds is 6. The second-order valence-corrected chi connectivity index (χ2v) is 6.35.